The van der Waals surface area contributed by atoms with E-state index in [4.69, 9.17) is 5.73 Å². The van der Waals surface area contributed by atoms with E-state index in [1.54, 1.807) is 0 Å². The molecule has 18 heavy (non-hydrogen) atoms. The zero-order valence-corrected chi connectivity index (χ0v) is 10.9. The van der Waals surface area contributed by atoms with Gasteiger partial charge in [-0.3, -0.25) is 0 Å². The highest BCUT2D eigenvalue weighted by Crippen LogP contribution is 2.14. The van der Waals surface area contributed by atoms with Gasteiger partial charge in [-0.25, -0.2) is 4.98 Å². The maximum Gasteiger partial charge on any atom is 0.128 e. The molecule has 0 saturated heterocycles. The van der Waals surface area contributed by atoms with Gasteiger partial charge in [-0.15, -0.1) is 0 Å². The van der Waals surface area contributed by atoms with Crippen LogP contribution >= 0.6 is 0 Å². The second kappa shape index (κ2) is 5.65. The Bertz CT molecular complexity index is 523. The predicted octanol–water partition coefficient (Wildman–Crippen LogP) is 2.49. The van der Waals surface area contributed by atoms with Crippen molar-refractivity contribution in [3.63, 3.8) is 0 Å². The number of anilines is 1. The highest BCUT2D eigenvalue weighted by molar-refractivity contribution is 5.41. The Morgan fingerprint density at radius 1 is 1.17 bits per heavy atom. The maximum absolute atomic E-state index is 5.64. The number of pyridine rings is 1. The summed E-state index contributed by atoms with van der Waals surface area (Å²) in [5.74, 6) is 0.958. The minimum Gasteiger partial charge on any atom is -0.355 e. The molecule has 2 rings (SSSR count). The van der Waals surface area contributed by atoms with Crippen LogP contribution in [0.25, 0.3) is 0 Å². The molecular formula is C15H19N3. The van der Waals surface area contributed by atoms with Crippen molar-refractivity contribution in [1.82, 2.24) is 4.98 Å². The molecule has 1 aromatic carbocycles. The van der Waals surface area contributed by atoms with Crippen molar-refractivity contribution in [2.75, 3.05) is 11.9 Å². The predicted molar refractivity (Wildman–Crippen MR) is 75.4 cm³/mol. The summed E-state index contributed by atoms with van der Waals surface area (Å²) < 4.78 is 0. The van der Waals surface area contributed by atoms with Crippen LogP contribution in [-0.2, 0) is 13.1 Å². The fourth-order valence-corrected chi connectivity index (χ4v) is 1.96. The smallest absolute Gasteiger partial charge is 0.128 e. The molecule has 0 bridgehead atoms. The topological polar surface area (TPSA) is 42.1 Å². The molecule has 94 valence electrons. The zero-order valence-electron chi connectivity index (χ0n) is 10.9. The fraction of sp³-hybridized carbons (Fsp3) is 0.267. The van der Waals surface area contributed by atoms with E-state index in [0.717, 1.165) is 17.9 Å². The standard InChI is InChI=1S/C15H19N3/c1-12-4-3-5-14(8-12)11-18(2)15-9-13(10-16)6-7-17-15/h3-9H,10-11,16H2,1-2H3. The first-order chi connectivity index (χ1) is 8.69. The Hall–Kier alpha value is -1.87. The first kappa shape index (κ1) is 12.6. The molecule has 1 heterocycles. The van der Waals surface area contributed by atoms with E-state index < -0.39 is 0 Å². The summed E-state index contributed by atoms with van der Waals surface area (Å²) in [5, 5.41) is 0. The van der Waals surface area contributed by atoms with Crippen molar-refractivity contribution in [3.8, 4) is 0 Å². The highest BCUT2D eigenvalue weighted by Gasteiger charge is 2.04. The summed E-state index contributed by atoms with van der Waals surface area (Å²) in [5.41, 5.74) is 9.32. The van der Waals surface area contributed by atoms with Crippen LogP contribution in [0.4, 0.5) is 5.82 Å². The molecule has 2 aromatic rings. The molecule has 0 radical (unpaired) electrons. The third-order valence-corrected chi connectivity index (χ3v) is 2.94. The summed E-state index contributed by atoms with van der Waals surface area (Å²) in [6.45, 7) is 3.51. The molecule has 0 saturated carbocycles. The van der Waals surface area contributed by atoms with Crippen LogP contribution in [0.3, 0.4) is 0 Å². The third kappa shape index (κ3) is 3.08. The molecule has 3 heteroatoms. The average molecular weight is 241 g/mol. The van der Waals surface area contributed by atoms with Gasteiger partial charge in [0.2, 0.25) is 0 Å². The lowest BCUT2D eigenvalue weighted by molar-refractivity contribution is 0.891. The maximum atomic E-state index is 5.64. The van der Waals surface area contributed by atoms with Gasteiger partial charge in [0.25, 0.3) is 0 Å². The van der Waals surface area contributed by atoms with Gasteiger partial charge < -0.3 is 10.6 Å². The van der Waals surface area contributed by atoms with E-state index in [9.17, 15) is 0 Å². The highest BCUT2D eigenvalue weighted by atomic mass is 15.2. The molecule has 0 atom stereocenters. The van der Waals surface area contributed by atoms with E-state index in [-0.39, 0.29) is 0 Å². The fourth-order valence-electron chi connectivity index (χ4n) is 1.96. The first-order valence-electron chi connectivity index (χ1n) is 6.10. The Labute approximate surface area is 108 Å². The van der Waals surface area contributed by atoms with Gasteiger partial charge in [0.05, 0.1) is 0 Å². The summed E-state index contributed by atoms with van der Waals surface area (Å²) in [7, 11) is 2.05. The molecule has 0 unspecified atom stereocenters. The van der Waals surface area contributed by atoms with Crippen molar-refractivity contribution in [3.05, 3.63) is 59.3 Å². The van der Waals surface area contributed by atoms with Crippen LogP contribution < -0.4 is 10.6 Å². The molecule has 0 spiro atoms. The van der Waals surface area contributed by atoms with Crippen LogP contribution in [0.2, 0.25) is 0 Å². The summed E-state index contributed by atoms with van der Waals surface area (Å²) in [6, 6.07) is 12.5. The van der Waals surface area contributed by atoms with Gasteiger partial charge in [-0.05, 0) is 30.2 Å². The Morgan fingerprint density at radius 3 is 2.72 bits per heavy atom. The van der Waals surface area contributed by atoms with Crippen LogP contribution in [0.1, 0.15) is 16.7 Å². The third-order valence-electron chi connectivity index (χ3n) is 2.94. The molecule has 0 fully saturated rings. The van der Waals surface area contributed by atoms with E-state index in [0.29, 0.717) is 6.54 Å². The summed E-state index contributed by atoms with van der Waals surface area (Å²) in [4.78, 5) is 6.51. The van der Waals surface area contributed by atoms with Crippen molar-refractivity contribution in [2.24, 2.45) is 5.73 Å². The minimum atomic E-state index is 0.549. The van der Waals surface area contributed by atoms with Gasteiger partial charge >= 0.3 is 0 Å². The Morgan fingerprint density at radius 2 is 2.00 bits per heavy atom. The van der Waals surface area contributed by atoms with E-state index >= 15 is 0 Å². The molecule has 0 aliphatic carbocycles. The van der Waals surface area contributed by atoms with Crippen LogP contribution in [0.5, 0.6) is 0 Å². The second-order valence-electron chi connectivity index (χ2n) is 4.57. The normalized spacial score (nSPS) is 10.4. The van der Waals surface area contributed by atoms with Gasteiger partial charge in [0.15, 0.2) is 0 Å². The van der Waals surface area contributed by atoms with Gasteiger partial charge in [0, 0.05) is 26.3 Å². The number of rotatable bonds is 4. The summed E-state index contributed by atoms with van der Waals surface area (Å²) in [6.07, 6.45) is 1.81. The number of nitrogens with zero attached hydrogens (tertiary/aromatic N) is 2. The molecular weight excluding hydrogens is 222 g/mol. The van der Waals surface area contributed by atoms with Crippen molar-refractivity contribution in [1.29, 1.82) is 0 Å². The number of aromatic nitrogens is 1. The molecule has 3 nitrogen and oxygen atoms in total. The summed E-state index contributed by atoms with van der Waals surface area (Å²) >= 11 is 0. The second-order valence-corrected chi connectivity index (χ2v) is 4.57. The number of benzene rings is 1. The quantitative estimate of drug-likeness (QED) is 0.894. The molecule has 0 amide bonds. The van der Waals surface area contributed by atoms with E-state index in [1.807, 2.05) is 25.4 Å². The van der Waals surface area contributed by atoms with Crippen molar-refractivity contribution in [2.45, 2.75) is 20.0 Å². The van der Waals surface area contributed by atoms with Crippen molar-refractivity contribution < 1.29 is 0 Å². The van der Waals surface area contributed by atoms with E-state index in [2.05, 4.69) is 41.1 Å². The number of nitrogens with two attached hydrogens (primary N) is 1. The largest absolute Gasteiger partial charge is 0.355 e. The van der Waals surface area contributed by atoms with Gasteiger partial charge in [-0.1, -0.05) is 29.8 Å². The SMILES string of the molecule is Cc1cccc(CN(C)c2cc(CN)ccn2)c1. The zero-order chi connectivity index (χ0) is 13.0. The molecule has 0 aliphatic heterocycles. The molecule has 0 aliphatic rings. The van der Waals surface area contributed by atoms with Crippen LogP contribution in [0.15, 0.2) is 42.6 Å². The lowest BCUT2D eigenvalue weighted by Gasteiger charge is -2.19. The van der Waals surface area contributed by atoms with Gasteiger partial charge in [0.1, 0.15) is 5.82 Å². The molecule has 2 N–H and O–H groups in total. The van der Waals surface area contributed by atoms with Crippen LogP contribution in [0, 0.1) is 6.92 Å². The minimum absolute atomic E-state index is 0.549. The average Bonchev–Trinajstić information content (AvgIpc) is 2.39. The monoisotopic (exact) mass is 241 g/mol. The van der Waals surface area contributed by atoms with E-state index in [1.165, 1.54) is 11.1 Å². The Balaban J connectivity index is 2.13. The number of hydrogen-bond donors (Lipinski definition) is 1. The van der Waals surface area contributed by atoms with Crippen molar-refractivity contribution >= 4 is 5.82 Å². The Kier molecular flexibility index (Phi) is 3.95. The van der Waals surface area contributed by atoms with Gasteiger partial charge in [-0.2, -0.15) is 0 Å². The first-order valence-corrected chi connectivity index (χ1v) is 6.10. The van der Waals surface area contributed by atoms with Crippen LogP contribution in [-0.4, -0.2) is 12.0 Å². The number of aryl methyl sites for hydroxylation is 1. The molecule has 1 aromatic heterocycles. The number of hydrogen-bond acceptors (Lipinski definition) is 3. The lowest BCUT2D eigenvalue weighted by atomic mass is 10.1. The lowest BCUT2D eigenvalue weighted by Crippen LogP contribution is -2.18.